The van der Waals surface area contributed by atoms with Gasteiger partial charge in [0.25, 0.3) is 0 Å². The van der Waals surface area contributed by atoms with Crippen molar-refractivity contribution in [3.63, 3.8) is 0 Å². The average Bonchev–Trinajstić information content (AvgIpc) is 3.27. The number of epoxide rings is 1. The van der Waals surface area contributed by atoms with Crippen molar-refractivity contribution in [2.24, 2.45) is 0 Å². The van der Waals surface area contributed by atoms with Crippen molar-refractivity contribution < 1.29 is 19.0 Å². The van der Waals surface area contributed by atoms with Crippen LogP contribution in [0, 0.1) is 0 Å². The molecule has 2 unspecified atom stereocenters. The minimum absolute atomic E-state index is 0.341. The summed E-state index contributed by atoms with van der Waals surface area (Å²) in [4.78, 5) is 11.5. The van der Waals surface area contributed by atoms with E-state index in [1.54, 1.807) is 0 Å². The third-order valence-corrected chi connectivity index (χ3v) is 3.90. The van der Waals surface area contributed by atoms with Gasteiger partial charge in [-0.3, -0.25) is 0 Å². The molecule has 4 nitrogen and oxygen atoms in total. The van der Waals surface area contributed by atoms with Gasteiger partial charge in [-0.25, -0.2) is 4.79 Å². The first-order valence-electron chi connectivity index (χ1n) is 7.16. The SMILES string of the molecule is COC(=O)C1OC1(C)c1ccc(OCc2ccccc2)cc1. The molecule has 0 aliphatic carbocycles. The maximum atomic E-state index is 11.5. The Bertz CT molecular complexity index is 651. The van der Waals surface area contributed by atoms with Gasteiger partial charge in [-0.2, -0.15) is 0 Å². The molecular weight excluding hydrogens is 280 g/mol. The molecule has 2 aromatic carbocycles. The number of benzene rings is 2. The molecule has 1 saturated heterocycles. The maximum absolute atomic E-state index is 11.5. The van der Waals surface area contributed by atoms with Gasteiger partial charge in [0.2, 0.25) is 0 Å². The molecule has 0 saturated carbocycles. The van der Waals surface area contributed by atoms with E-state index in [4.69, 9.17) is 14.2 Å². The standard InChI is InChI=1S/C18H18O4/c1-18(16(22-18)17(19)20-2)14-8-10-15(11-9-14)21-12-13-6-4-3-5-7-13/h3-11,16H,12H2,1-2H3. The fourth-order valence-corrected chi connectivity index (χ4v) is 2.43. The molecule has 0 aromatic heterocycles. The van der Waals surface area contributed by atoms with Gasteiger partial charge < -0.3 is 14.2 Å². The zero-order valence-corrected chi connectivity index (χ0v) is 12.6. The van der Waals surface area contributed by atoms with Crippen LogP contribution in [-0.2, 0) is 26.5 Å². The van der Waals surface area contributed by atoms with Gasteiger partial charge in [0.1, 0.15) is 18.0 Å². The predicted octanol–water partition coefficient (Wildman–Crippen LogP) is 3.05. The number of hydrogen-bond donors (Lipinski definition) is 0. The van der Waals surface area contributed by atoms with Crippen LogP contribution in [0.2, 0.25) is 0 Å². The smallest absolute Gasteiger partial charge is 0.338 e. The number of carbonyl (C=O) groups is 1. The zero-order valence-electron chi connectivity index (χ0n) is 12.6. The topological polar surface area (TPSA) is 48.1 Å². The summed E-state index contributed by atoms with van der Waals surface area (Å²) in [5.41, 5.74) is 1.47. The summed E-state index contributed by atoms with van der Waals surface area (Å²) in [5, 5.41) is 0. The minimum Gasteiger partial charge on any atom is -0.489 e. The molecule has 1 aliphatic heterocycles. The van der Waals surface area contributed by atoms with Gasteiger partial charge in [-0.1, -0.05) is 42.5 Å². The quantitative estimate of drug-likeness (QED) is 0.629. The van der Waals surface area contributed by atoms with Crippen LogP contribution >= 0.6 is 0 Å². The molecule has 0 radical (unpaired) electrons. The van der Waals surface area contributed by atoms with E-state index in [2.05, 4.69) is 0 Å². The van der Waals surface area contributed by atoms with Gasteiger partial charge in [0.05, 0.1) is 7.11 Å². The molecule has 2 aromatic rings. The highest BCUT2D eigenvalue weighted by atomic mass is 16.6. The van der Waals surface area contributed by atoms with E-state index in [1.807, 2.05) is 61.5 Å². The summed E-state index contributed by atoms with van der Waals surface area (Å²) in [6.45, 7) is 2.41. The Labute approximate surface area is 129 Å². The Morgan fingerprint density at radius 1 is 1.14 bits per heavy atom. The minimum atomic E-state index is -0.592. The van der Waals surface area contributed by atoms with E-state index >= 15 is 0 Å². The predicted molar refractivity (Wildman–Crippen MR) is 81.5 cm³/mol. The Morgan fingerprint density at radius 2 is 1.82 bits per heavy atom. The number of rotatable bonds is 5. The number of ether oxygens (including phenoxy) is 3. The Morgan fingerprint density at radius 3 is 2.45 bits per heavy atom. The van der Waals surface area contributed by atoms with Crippen LogP contribution in [0.25, 0.3) is 0 Å². The van der Waals surface area contributed by atoms with E-state index in [1.165, 1.54) is 7.11 Å². The number of methoxy groups -OCH3 is 1. The second kappa shape index (κ2) is 5.81. The third kappa shape index (κ3) is 2.83. The van der Waals surface area contributed by atoms with Crippen LogP contribution in [-0.4, -0.2) is 19.2 Å². The Hall–Kier alpha value is -2.33. The summed E-state index contributed by atoms with van der Waals surface area (Å²) in [5.74, 6) is 0.443. The molecule has 3 rings (SSSR count). The Balaban J connectivity index is 1.63. The van der Waals surface area contributed by atoms with Crippen molar-refractivity contribution >= 4 is 5.97 Å². The summed E-state index contributed by atoms with van der Waals surface area (Å²) >= 11 is 0. The molecule has 1 fully saturated rings. The Kier molecular flexibility index (Phi) is 3.86. The molecule has 1 heterocycles. The first kappa shape index (κ1) is 14.6. The molecule has 0 amide bonds. The molecule has 4 heteroatoms. The third-order valence-electron chi connectivity index (χ3n) is 3.90. The van der Waals surface area contributed by atoms with Crippen molar-refractivity contribution in [3.8, 4) is 5.75 Å². The molecule has 114 valence electrons. The van der Waals surface area contributed by atoms with Gasteiger partial charge in [-0.05, 0) is 30.2 Å². The summed E-state index contributed by atoms with van der Waals surface area (Å²) in [7, 11) is 1.37. The number of carbonyl (C=O) groups excluding carboxylic acids is 1. The maximum Gasteiger partial charge on any atom is 0.338 e. The van der Waals surface area contributed by atoms with Crippen molar-refractivity contribution in [3.05, 3.63) is 65.7 Å². The van der Waals surface area contributed by atoms with Crippen LogP contribution in [0.1, 0.15) is 18.1 Å². The molecule has 22 heavy (non-hydrogen) atoms. The van der Waals surface area contributed by atoms with Crippen LogP contribution in [0.5, 0.6) is 5.75 Å². The molecular formula is C18H18O4. The van der Waals surface area contributed by atoms with Crippen molar-refractivity contribution in [2.75, 3.05) is 7.11 Å². The van der Waals surface area contributed by atoms with E-state index in [9.17, 15) is 4.79 Å². The highest BCUT2D eigenvalue weighted by Gasteiger charge is 2.59. The van der Waals surface area contributed by atoms with E-state index in [0.717, 1.165) is 16.9 Å². The normalized spacial score (nSPS) is 22.9. The van der Waals surface area contributed by atoms with E-state index < -0.39 is 11.7 Å². The molecule has 0 N–H and O–H groups in total. The molecule has 0 bridgehead atoms. The highest BCUT2D eigenvalue weighted by molar-refractivity contribution is 5.79. The first-order chi connectivity index (χ1) is 10.6. The summed E-state index contributed by atoms with van der Waals surface area (Å²) < 4.78 is 16.0. The largest absolute Gasteiger partial charge is 0.489 e. The van der Waals surface area contributed by atoms with Gasteiger partial charge >= 0.3 is 5.97 Å². The summed E-state index contributed by atoms with van der Waals surface area (Å²) in [6.07, 6.45) is -0.520. The van der Waals surface area contributed by atoms with Crippen molar-refractivity contribution in [1.29, 1.82) is 0 Å². The van der Waals surface area contributed by atoms with Crippen LogP contribution in [0.15, 0.2) is 54.6 Å². The van der Waals surface area contributed by atoms with Crippen LogP contribution in [0.3, 0.4) is 0 Å². The monoisotopic (exact) mass is 298 g/mol. The average molecular weight is 298 g/mol. The number of hydrogen-bond acceptors (Lipinski definition) is 4. The highest BCUT2D eigenvalue weighted by Crippen LogP contribution is 2.46. The zero-order chi connectivity index (χ0) is 15.6. The number of esters is 1. The fraction of sp³-hybridized carbons (Fsp3) is 0.278. The fourth-order valence-electron chi connectivity index (χ4n) is 2.43. The summed E-state index contributed by atoms with van der Waals surface area (Å²) in [6, 6.07) is 17.6. The lowest BCUT2D eigenvalue weighted by Crippen LogP contribution is -2.17. The second-order valence-electron chi connectivity index (χ2n) is 5.43. The van der Waals surface area contributed by atoms with E-state index in [0.29, 0.717) is 6.61 Å². The van der Waals surface area contributed by atoms with Crippen molar-refractivity contribution in [2.45, 2.75) is 25.2 Å². The lowest BCUT2D eigenvalue weighted by Gasteiger charge is -2.09. The second-order valence-corrected chi connectivity index (χ2v) is 5.43. The van der Waals surface area contributed by atoms with Crippen LogP contribution in [0.4, 0.5) is 0 Å². The van der Waals surface area contributed by atoms with Gasteiger partial charge in [0.15, 0.2) is 6.10 Å². The van der Waals surface area contributed by atoms with Gasteiger partial charge in [-0.15, -0.1) is 0 Å². The molecule has 0 spiro atoms. The first-order valence-corrected chi connectivity index (χ1v) is 7.16. The molecule has 1 aliphatic rings. The van der Waals surface area contributed by atoms with E-state index in [-0.39, 0.29) is 5.97 Å². The molecule has 2 atom stereocenters. The van der Waals surface area contributed by atoms with Crippen LogP contribution < -0.4 is 4.74 Å². The van der Waals surface area contributed by atoms with Crippen molar-refractivity contribution in [1.82, 2.24) is 0 Å². The van der Waals surface area contributed by atoms with Gasteiger partial charge in [0, 0.05) is 0 Å². The lowest BCUT2D eigenvalue weighted by atomic mass is 9.97. The lowest BCUT2D eigenvalue weighted by molar-refractivity contribution is -0.142.